The molecule has 34 heavy (non-hydrogen) atoms. The van der Waals surface area contributed by atoms with Gasteiger partial charge in [-0.15, -0.1) is 0 Å². The van der Waals surface area contributed by atoms with Crippen LogP contribution in [0.5, 0.6) is 0 Å². The first-order valence-corrected chi connectivity index (χ1v) is 11.6. The van der Waals surface area contributed by atoms with Gasteiger partial charge in [0.1, 0.15) is 27.3 Å². The minimum absolute atomic E-state index is 0.00246. The third kappa shape index (κ3) is 6.78. The summed E-state index contributed by atoms with van der Waals surface area (Å²) in [4.78, 5) is 18.4. The highest BCUT2D eigenvalue weighted by Gasteiger charge is 2.26. The van der Waals surface area contributed by atoms with Gasteiger partial charge in [0, 0.05) is 26.4 Å². The van der Waals surface area contributed by atoms with Crippen LogP contribution in [0.15, 0.2) is 36.7 Å². The maximum absolute atomic E-state index is 13.4. The van der Waals surface area contributed by atoms with Gasteiger partial charge in [0.15, 0.2) is 6.29 Å². The zero-order chi connectivity index (χ0) is 25.3. The monoisotopic (exact) mass is 491 g/mol. The number of pyridine rings is 1. The first-order valence-electron chi connectivity index (χ1n) is 10.8. The highest BCUT2D eigenvalue weighted by Crippen LogP contribution is 2.38. The number of nitrogens with one attached hydrogen (secondary N) is 1. The topological polar surface area (TPSA) is 127 Å². The number of thiazole rings is 1. The fourth-order valence-corrected chi connectivity index (χ4v) is 4.97. The zero-order valence-electron chi connectivity index (χ0n) is 19.5. The number of hydrogen-bond acceptors (Lipinski definition) is 8. The van der Waals surface area contributed by atoms with E-state index in [0.717, 1.165) is 55.0 Å². The molecule has 0 amide bonds. The van der Waals surface area contributed by atoms with Gasteiger partial charge in [-0.2, -0.15) is 0 Å². The predicted molar refractivity (Wildman–Crippen MR) is 133 cm³/mol. The standard InChI is InChI=1S/C13H21N3.C10H6F2N2OS.CH4O/c1-9-5-10(7-11(14)6-9)12-3-4-16-8-13(12)15-2;11-5-2-1-3-6(12)8(5)10-14-7(4-15)9(13)16-10;1-2/h3-4,8-11,15H,5-7,14H2,1-2H3;1-4H,13H2;2H,1H3/t9-,10?,11?;;/m0../s1. The van der Waals surface area contributed by atoms with E-state index >= 15 is 0 Å². The average Bonchev–Trinajstić information content (AvgIpc) is 3.20. The lowest BCUT2D eigenvalue weighted by Gasteiger charge is -2.32. The Kier molecular flexibility index (Phi) is 10.5. The molecule has 2 heterocycles. The predicted octanol–water partition coefficient (Wildman–Crippen LogP) is 4.45. The number of hydrogen-bond donors (Lipinski definition) is 4. The highest BCUT2D eigenvalue weighted by molar-refractivity contribution is 7.19. The van der Waals surface area contributed by atoms with Crippen LogP contribution in [0.25, 0.3) is 10.6 Å². The van der Waals surface area contributed by atoms with E-state index in [0.29, 0.717) is 18.2 Å². The smallest absolute Gasteiger partial charge is 0.171 e. The number of aromatic nitrogens is 2. The summed E-state index contributed by atoms with van der Waals surface area (Å²) >= 11 is 0.876. The van der Waals surface area contributed by atoms with Crippen molar-refractivity contribution in [1.82, 2.24) is 9.97 Å². The number of nitrogen functional groups attached to an aromatic ring is 1. The largest absolute Gasteiger partial charge is 0.400 e. The van der Waals surface area contributed by atoms with Crippen molar-refractivity contribution in [3.05, 3.63) is 59.6 Å². The van der Waals surface area contributed by atoms with Crippen LogP contribution in [0.3, 0.4) is 0 Å². The molecule has 4 rings (SSSR count). The molecule has 1 aliphatic carbocycles. The van der Waals surface area contributed by atoms with Gasteiger partial charge < -0.3 is 21.9 Å². The zero-order valence-corrected chi connectivity index (χ0v) is 20.3. The van der Waals surface area contributed by atoms with Crippen LogP contribution in [-0.4, -0.2) is 41.6 Å². The Labute approximate surface area is 202 Å². The van der Waals surface area contributed by atoms with Gasteiger partial charge in [0.25, 0.3) is 0 Å². The molecule has 1 fully saturated rings. The molecule has 6 N–H and O–H groups in total. The number of carbonyl (C=O) groups excluding carboxylic acids is 1. The summed E-state index contributed by atoms with van der Waals surface area (Å²) in [7, 11) is 2.95. The number of carbonyl (C=O) groups is 1. The average molecular weight is 492 g/mol. The lowest BCUT2D eigenvalue weighted by molar-refractivity contribution is 0.112. The van der Waals surface area contributed by atoms with Crippen molar-refractivity contribution in [1.29, 1.82) is 0 Å². The van der Waals surface area contributed by atoms with Crippen LogP contribution in [-0.2, 0) is 0 Å². The van der Waals surface area contributed by atoms with Crippen molar-refractivity contribution in [3.8, 4) is 10.6 Å². The fourth-order valence-electron chi connectivity index (χ4n) is 4.12. The summed E-state index contributed by atoms with van der Waals surface area (Å²) < 4.78 is 26.8. The summed E-state index contributed by atoms with van der Waals surface area (Å²) in [5, 5.41) is 10.4. The van der Waals surface area contributed by atoms with E-state index in [4.69, 9.17) is 16.6 Å². The van der Waals surface area contributed by atoms with Gasteiger partial charge >= 0.3 is 0 Å². The maximum atomic E-state index is 13.4. The third-order valence-corrected chi connectivity index (χ3v) is 6.43. The Balaban J connectivity index is 0.000000224. The summed E-state index contributed by atoms with van der Waals surface area (Å²) in [5.41, 5.74) is 13.8. The SMILES string of the molecule is CNc1cnccc1C1CC(N)C[C@@H](C)C1.CO.Nc1sc(-c2c(F)cccc2F)nc1C=O. The molecule has 184 valence electrons. The summed E-state index contributed by atoms with van der Waals surface area (Å²) in [6.45, 7) is 2.30. The molecular formula is C24H31F2N5O2S. The summed E-state index contributed by atoms with van der Waals surface area (Å²) in [6, 6.07) is 5.98. The van der Waals surface area contributed by atoms with Crippen LogP contribution < -0.4 is 16.8 Å². The van der Waals surface area contributed by atoms with Crippen LogP contribution in [0.4, 0.5) is 19.5 Å². The summed E-state index contributed by atoms with van der Waals surface area (Å²) in [6.07, 6.45) is 7.74. The number of aldehydes is 1. The van der Waals surface area contributed by atoms with E-state index in [-0.39, 0.29) is 21.3 Å². The number of nitrogens with two attached hydrogens (primary N) is 2. The molecule has 1 aromatic carbocycles. The quantitative estimate of drug-likeness (QED) is 0.397. The molecule has 3 aromatic rings. The molecule has 1 saturated carbocycles. The second kappa shape index (κ2) is 13.1. The van der Waals surface area contributed by atoms with Crippen molar-refractivity contribution in [2.75, 3.05) is 25.2 Å². The lowest BCUT2D eigenvalue weighted by atomic mass is 9.76. The first kappa shape index (κ1) is 27.3. The molecule has 0 aliphatic heterocycles. The van der Waals surface area contributed by atoms with Crippen LogP contribution in [0.2, 0.25) is 0 Å². The summed E-state index contributed by atoms with van der Waals surface area (Å²) in [5.74, 6) is -0.145. The molecule has 0 bridgehead atoms. The van der Waals surface area contributed by atoms with Gasteiger partial charge in [-0.05, 0) is 54.9 Å². The first-order chi connectivity index (χ1) is 16.3. The minimum Gasteiger partial charge on any atom is -0.400 e. The van der Waals surface area contributed by atoms with Crippen molar-refractivity contribution in [3.63, 3.8) is 0 Å². The number of anilines is 2. The highest BCUT2D eigenvalue weighted by atomic mass is 32.1. The molecule has 10 heteroatoms. The van der Waals surface area contributed by atoms with Crippen molar-refractivity contribution in [2.24, 2.45) is 11.7 Å². The Hall–Kier alpha value is -2.95. The van der Waals surface area contributed by atoms with Crippen LogP contribution in [0, 0.1) is 17.6 Å². The minimum atomic E-state index is -0.730. The second-order valence-corrected chi connectivity index (χ2v) is 9.00. The van der Waals surface area contributed by atoms with Gasteiger partial charge in [-0.3, -0.25) is 9.78 Å². The van der Waals surface area contributed by atoms with E-state index < -0.39 is 11.6 Å². The van der Waals surface area contributed by atoms with Crippen molar-refractivity contribution >= 4 is 28.3 Å². The van der Waals surface area contributed by atoms with Crippen LogP contribution in [0.1, 0.15) is 48.2 Å². The van der Waals surface area contributed by atoms with Crippen LogP contribution >= 0.6 is 11.3 Å². The third-order valence-electron chi connectivity index (χ3n) is 5.51. The normalized spacial score (nSPS) is 19.2. The molecule has 3 atom stereocenters. The molecule has 0 saturated heterocycles. The molecule has 1 aliphatic rings. The van der Waals surface area contributed by atoms with Gasteiger partial charge in [-0.25, -0.2) is 13.8 Å². The number of nitrogens with zero attached hydrogens (tertiary/aromatic N) is 2. The van der Waals surface area contributed by atoms with Gasteiger partial charge in [-0.1, -0.05) is 24.3 Å². The van der Waals surface area contributed by atoms with E-state index in [9.17, 15) is 13.6 Å². The second-order valence-electron chi connectivity index (χ2n) is 7.97. The number of aliphatic hydroxyl groups excluding tert-OH is 1. The van der Waals surface area contributed by atoms with E-state index in [1.165, 1.54) is 18.1 Å². The van der Waals surface area contributed by atoms with Gasteiger partial charge in [0.2, 0.25) is 0 Å². The lowest BCUT2D eigenvalue weighted by Crippen LogP contribution is -2.31. The molecule has 2 aromatic heterocycles. The Bertz CT molecular complexity index is 1050. The van der Waals surface area contributed by atoms with Gasteiger partial charge in [0.05, 0.1) is 17.4 Å². The number of halogens is 2. The van der Waals surface area contributed by atoms with Crippen molar-refractivity contribution < 1.29 is 18.7 Å². The van der Waals surface area contributed by atoms with Crippen molar-refractivity contribution in [2.45, 2.75) is 38.1 Å². The molecule has 7 nitrogen and oxygen atoms in total. The van der Waals surface area contributed by atoms with E-state index in [1.54, 1.807) is 0 Å². The van der Waals surface area contributed by atoms with E-state index in [2.05, 4.69) is 28.3 Å². The fraction of sp³-hybridized carbons (Fsp3) is 0.375. The van der Waals surface area contributed by atoms with E-state index in [1.807, 2.05) is 19.4 Å². The Morgan fingerprint density at radius 2 is 1.85 bits per heavy atom. The Morgan fingerprint density at radius 3 is 2.41 bits per heavy atom. The molecule has 0 radical (unpaired) electrons. The number of benzene rings is 1. The molecular weight excluding hydrogens is 460 g/mol. The molecule has 2 unspecified atom stereocenters. The molecule has 0 spiro atoms. The Morgan fingerprint density at radius 1 is 1.18 bits per heavy atom. The number of rotatable bonds is 4. The maximum Gasteiger partial charge on any atom is 0.171 e. The number of aliphatic hydroxyl groups is 1.